The van der Waals surface area contributed by atoms with Crippen LogP contribution in [0.5, 0.6) is 5.75 Å². The third-order valence-electron chi connectivity index (χ3n) is 4.61. The Balaban J connectivity index is 0.000000343. The lowest BCUT2D eigenvalue weighted by Gasteiger charge is -2.24. The number of nitroso groups, excluding NO2 is 1. The van der Waals surface area contributed by atoms with Crippen LogP contribution < -0.4 is 10.1 Å². The fourth-order valence-electron chi connectivity index (χ4n) is 2.87. The van der Waals surface area contributed by atoms with Gasteiger partial charge in [0.2, 0.25) is 0 Å². The molecular weight excluding hydrogens is 425 g/mol. The number of hydrogen-bond acceptors (Lipinski definition) is 5. The molecule has 0 saturated heterocycles. The summed E-state index contributed by atoms with van der Waals surface area (Å²) in [6.07, 6.45) is 3.23. The first-order valence-electron chi connectivity index (χ1n) is 9.24. The first-order valence-corrected chi connectivity index (χ1v) is 9.99. The average molecular weight is 448 g/mol. The molecule has 1 unspecified atom stereocenters. The number of carbonyl (C=O) groups excluding carboxylic acids is 1. The van der Waals surface area contributed by atoms with Gasteiger partial charge < -0.3 is 10.1 Å². The molecule has 1 atom stereocenters. The Morgan fingerprint density at radius 2 is 1.87 bits per heavy atom. The molecule has 1 N–H and O–H groups in total. The molecule has 0 fully saturated rings. The van der Waals surface area contributed by atoms with E-state index in [4.69, 9.17) is 27.9 Å². The number of benzene rings is 2. The van der Waals surface area contributed by atoms with Gasteiger partial charge in [0.15, 0.2) is 0 Å². The summed E-state index contributed by atoms with van der Waals surface area (Å²) in [6.45, 7) is 2.35. The second kappa shape index (κ2) is 11.6. The van der Waals surface area contributed by atoms with Crippen LogP contribution in [0.1, 0.15) is 30.5 Å². The van der Waals surface area contributed by atoms with Gasteiger partial charge in [0.1, 0.15) is 11.5 Å². The largest absolute Gasteiger partial charge is 0.497 e. The minimum absolute atomic E-state index is 0.107. The van der Waals surface area contributed by atoms with E-state index in [0.717, 1.165) is 24.3 Å². The minimum Gasteiger partial charge on any atom is -0.497 e. The van der Waals surface area contributed by atoms with E-state index < -0.39 is 5.91 Å². The van der Waals surface area contributed by atoms with Crippen LogP contribution in [0.2, 0.25) is 10.0 Å². The lowest BCUT2D eigenvalue weighted by molar-refractivity contribution is -0.111. The molecule has 0 saturated carbocycles. The van der Waals surface area contributed by atoms with Crippen LogP contribution in [0.15, 0.2) is 58.7 Å². The van der Waals surface area contributed by atoms with Crippen molar-refractivity contribution < 1.29 is 9.53 Å². The fourth-order valence-corrected chi connectivity index (χ4v) is 3.39. The first kappa shape index (κ1) is 23.7. The highest BCUT2D eigenvalue weighted by Gasteiger charge is 2.18. The monoisotopic (exact) mass is 447 g/mol. The molecular formula is C22H23Cl2N3O3. The van der Waals surface area contributed by atoms with Crippen molar-refractivity contribution in [1.29, 1.82) is 0 Å². The number of nitrogens with zero attached hydrogens (tertiary/aromatic N) is 2. The maximum absolute atomic E-state index is 10.1. The summed E-state index contributed by atoms with van der Waals surface area (Å²) in [4.78, 5) is 23.0. The molecule has 8 heteroatoms. The summed E-state index contributed by atoms with van der Waals surface area (Å²) in [6, 6.07) is 13.9. The predicted octanol–water partition coefficient (Wildman–Crippen LogP) is 5.49. The Morgan fingerprint density at radius 1 is 1.17 bits per heavy atom. The van der Waals surface area contributed by atoms with Crippen LogP contribution in [0.25, 0.3) is 5.57 Å². The van der Waals surface area contributed by atoms with Gasteiger partial charge in [0.25, 0.3) is 0 Å². The van der Waals surface area contributed by atoms with E-state index >= 15 is 0 Å². The number of rotatable bonds is 4. The Hall–Kier alpha value is -2.54. The van der Waals surface area contributed by atoms with E-state index in [9.17, 15) is 9.70 Å². The molecule has 1 amide bonds. The van der Waals surface area contributed by atoms with Crippen molar-refractivity contribution in [3.05, 3.63) is 74.6 Å². The highest BCUT2D eigenvalue weighted by atomic mass is 35.5. The standard InChI is InChI=1S/C18H17Cl2NO.C4H6N2O2/c1-22-15-5-2-12(3-6-15)13-8-9-21-18(10-13)16-7-4-14(19)11-17(16)20;1-3(5-2)4(7)6-8/h2-7,10-11,18,21H,8-9H2,1H3;1-2H3. The van der Waals surface area contributed by atoms with E-state index in [-0.39, 0.29) is 11.8 Å². The van der Waals surface area contributed by atoms with Crippen molar-refractivity contribution in [3.8, 4) is 5.75 Å². The van der Waals surface area contributed by atoms with Gasteiger partial charge in [-0.05, 0) is 54.3 Å². The molecule has 2 aromatic rings. The van der Waals surface area contributed by atoms with Crippen LogP contribution in [0.3, 0.4) is 0 Å². The zero-order valence-corrected chi connectivity index (χ0v) is 18.5. The van der Waals surface area contributed by atoms with Gasteiger partial charge in [-0.3, -0.25) is 9.79 Å². The number of ether oxygens (including phenoxy) is 1. The van der Waals surface area contributed by atoms with Crippen LogP contribution in [0.4, 0.5) is 0 Å². The molecule has 0 aliphatic carbocycles. The van der Waals surface area contributed by atoms with Crippen molar-refractivity contribution in [1.82, 2.24) is 5.32 Å². The van der Waals surface area contributed by atoms with Crippen molar-refractivity contribution in [2.24, 2.45) is 10.2 Å². The van der Waals surface area contributed by atoms with Crippen LogP contribution in [-0.2, 0) is 4.79 Å². The van der Waals surface area contributed by atoms with E-state index in [1.807, 2.05) is 24.3 Å². The third-order valence-corrected chi connectivity index (χ3v) is 5.18. The lowest BCUT2D eigenvalue weighted by atomic mass is 9.94. The van der Waals surface area contributed by atoms with Crippen LogP contribution in [-0.4, -0.2) is 32.3 Å². The van der Waals surface area contributed by atoms with Gasteiger partial charge in [-0.1, -0.05) is 47.5 Å². The second-order valence-corrected chi connectivity index (χ2v) is 7.32. The fraction of sp³-hybridized carbons (Fsp3) is 0.273. The summed E-state index contributed by atoms with van der Waals surface area (Å²) in [7, 11) is 3.11. The molecule has 158 valence electrons. The van der Waals surface area contributed by atoms with Crippen molar-refractivity contribution in [2.45, 2.75) is 19.4 Å². The molecule has 0 aromatic heterocycles. The molecule has 0 spiro atoms. The van der Waals surface area contributed by atoms with E-state index in [1.165, 1.54) is 25.1 Å². The molecule has 2 aromatic carbocycles. The highest BCUT2D eigenvalue weighted by molar-refractivity contribution is 6.38. The lowest BCUT2D eigenvalue weighted by Crippen LogP contribution is -2.25. The van der Waals surface area contributed by atoms with Crippen LogP contribution in [0, 0.1) is 4.91 Å². The number of methoxy groups -OCH3 is 1. The molecule has 1 aliphatic rings. The summed E-state index contributed by atoms with van der Waals surface area (Å²) < 4.78 is 5.21. The summed E-state index contributed by atoms with van der Waals surface area (Å²) >= 11 is 12.3. The minimum atomic E-state index is -0.799. The Labute approximate surface area is 185 Å². The predicted molar refractivity (Wildman–Crippen MR) is 123 cm³/mol. The molecule has 0 radical (unpaired) electrons. The second-order valence-electron chi connectivity index (χ2n) is 6.47. The van der Waals surface area contributed by atoms with E-state index in [0.29, 0.717) is 10.0 Å². The van der Waals surface area contributed by atoms with Gasteiger partial charge in [-0.2, -0.15) is 0 Å². The smallest absolute Gasteiger partial charge is 0.330 e. The van der Waals surface area contributed by atoms with Gasteiger partial charge >= 0.3 is 5.91 Å². The molecule has 1 aliphatic heterocycles. The summed E-state index contributed by atoms with van der Waals surface area (Å²) in [5, 5.41) is 6.98. The van der Waals surface area contributed by atoms with Crippen molar-refractivity contribution >= 4 is 40.4 Å². The molecule has 30 heavy (non-hydrogen) atoms. The molecule has 3 rings (SSSR count). The number of carbonyl (C=O) groups is 1. The number of aliphatic imine (C=N–C) groups is 1. The van der Waals surface area contributed by atoms with Gasteiger partial charge in [-0.15, -0.1) is 4.91 Å². The van der Waals surface area contributed by atoms with Crippen LogP contribution >= 0.6 is 23.2 Å². The SMILES string of the molecule is CN=C(C)C(=O)N=O.COc1ccc(C2=CC(c3ccc(Cl)cc3Cl)NCC2)cc1. The molecule has 6 nitrogen and oxygen atoms in total. The topological polar surface area (TPSA) is 80.1 Å². The van der Waals surface area contributed by atoms with Crippen molar-refractivity contribution in [3.63, 3.8) is 0 Å². The summed E-state index contributed by atoms with van der Waals surface area (Å²) in [5.41, 5.74) is 3.73. The Kier molecular flexibility index (Phi) is 9.17. The van der Waals surface area contributed by atoms with Gasteiger partial charge in [0, 0.05) is 28.8 Å². The molecule has 0 bridgehead atoms. The maximum atomic E-state index is 10.1. The average Bonchev–Trinajstić information content (AvgIpc) is 2.78. The number of hydrogen-bond donors (Lipinski definition) is 1. The van der Waals surface area contributed by atoms with Gasteiger partial charge in [-0.25, -0.2) is 0 Å². The van der Waals surface area contributed by atoms with Crippen molar-refractivity contribution in [2.75, 3.05) is 20.7 Å². The normalized spacial score (nSPS) is 16.1. The highest BCUT2D eigenvalue weighted by Crippen LogP contribution is 2.32. The van der Waals surface area contributed by atoms with E-state index in [2.05, 4.69) is 33.7 Å². The number of nitrogens with one attached hydrogen (secondary N) is 1. The Morgan fingerprint density at radius 3 is 2.40 bits per heavy atom. The molecule has 1 heterocycles. The Bertz CT molecular complexity index is 957. The number of halogens is 2. The third kappa shape index (κ3) is 6.49. The number of amides is 1. The zero-order chi connectivity index (χ0) is 22.1. The zero-order valence-electron chi connectivity index (χ0n) is 17.0. The first-order chi connectivity index (χ1) is 14.4. The maximum Gasteiger partial charge on any atom is 0.330 e. The van der Waals surface area contributed by atoms with Gasteiger partial charge in [0.05, 0.1) is 13.2 Å². The summed E-state index contributed by atoms with van der Waals surface area (Å²) in [5.74, 6) is 0.0723. The quantitative estimate of drug-likeness (QED) is 0.496. The van der Waals surface area contributed by atoms with E-state index in [1.54, 1.807) is 13.2 Å².